The fraction of sp³-hybridized carbons (Fsp3) is 0.485. The highest BCUT2D eigenvalue weighted by Gasteiger charge is 2.51. The van der Waals surface area contributed by atoms with Gasteiger partial charge in [-0.3, -0.25) is 15.0 Å². The number of ether oxygens (including phenoxy) is 2. The minimum Gasteiger partial charge on any atom is -0.473 e. The number of aromatic nitrogens is 5. The Morgan fingerprint density at radius 1 is 1.32 bits per heavy atom. The van der Waals surface area contributed by atoms with Crippen LogP contribution in [0.25, 0.3) is 17.3 Å². The number of nitrogen functional groups attached to an aromatic ring is 1. The molecule has 4 aromatic rings. The van der Waals surface area contributed by atoms with E-state index in [9.17, 15) is 14.9 Å². The smallest absolute Gasteiger partial charge is 0.320 e. The number of fused-ring (bicyclic) bond motifs is 4. The van der Waals surface area contributed by atoms with E-state index in [1.165, 1.54) is 16.0 Å². The van der Waals surface area contributed by atoms with Gasteiger partial charge in [-0.2, -0.15) is 10.2 Å². The fourth-order valence-corrected chi connectivity index (χ4v) is 8.95. The number of carbonyl (C=O) groups excluding carboxylic acids is 2. The Balaban J connectivity index is 1.18. The SMILES string of the molecule is C[C@H](Oc1cc(-n2ccc(NC(=O)N[C@H]3CCOC3)n2)nc(-c2noc3c2NC(=O)CC32CCCc3sc(N)c(C#N)c32)n1)[C@@H]1CCCN1C. The van der Waals surface area contributed by atoms with Gasteiger partial charge in [0.15, 0.2) is 28.9 Å². The standard InChI is InChI=1S/C33H37N11O5S/c1-17(20-5-4-10-43(20)2)48-25-13-23(44-11-7-22(41-44)37-32(46)36-18-8-12-47-16-18)38-31(40-25)28-27-29(49-42-28)33(14-24(45)39-27)9-3-6-21-26(33)19(15-34)30(35)50-21/h7,11,13,17-18,20H,3-6,8-10,12,14,16,35H2,1-2H3,(H,39,45)(H2,36,37,41,46)/t17-,18-,20-,33?/m0/s1. The van der Waals surface area contributed by atoms with E-state index in [1.54, 1.807) is 18.3 Å². The molecule has 8 rings (SSSR count). The Hall–Kier alpha value is -5.05. The predicted octanol–water partition coefficient (Wildman–Crippen LogP) is 3.57. The van der Waals surface area contributed by atoms with Crippen molar-refractivity contribution in [3.8, 4) is 29.3 Å². The number of nitriles is 1. The molecule has 1 aliphatic carbocycles. The minimum absolute atomic E-state index is 0.0566. The van der Waals surface area contributed by atoms with E-state index in [0.29, 0.717) is 53.3 Å². The van der Waals surface area contributed by atoms with Crippen molar-refractivity contribution >= 4 is 39.8 Å². The molecular formula is C33H37N11O5S. The van der Waals surface area contributed by atoms with Gasteiger partial charge < -0.3 is 30.4 Å². The van der Waals surface area contributed by atoms with E-state index >= 15 is 0 Å². The second-order valence-electron chi connectivity index (χ2n) is 13.4. The van der Waals surface area contributed by atoms with E-state index in [1.807, 2.05) is 6.92 Å². The molecular weight excluding hydrogens is 663 g/mol. The Kier molecular flexibility index (Phi) is 8.16. The van der Waals surface area contributed by atoms with Gasteiger partial charge in [0.25, 0.3) is 0 Å². The van der Waals surface area contributed by atoms with Crippen molar-refractivity contribution in [3.63, 3.8) is 0 Å². The van der Waals surface area contributed by atoms with Crippen LogP contribution in [-0.2, 0) is 21.4 Å². The molecule has 3 amide bonds. The van der Waals surface area contributed by atoms with Crippen molar-refractivity contribution in [2.45, 2.75) is 75.5 Å². The second-order valence-corrected chi connectivity index (χ2v) is 14.5. The lowest BCUT2D eigenvalue weighted by Crippen LogP contribution is -2.40. The summed E-state index contributed by atoms with van der Waals surface area (Å²) in [6.07, 6.45) is 6.54. The largest absolute Gasteiger partial charge is 0.473 e. The minimum atomic E-state index is -0.901. The Labute approximate surface area is 291 Å². The average molecular weight is 700 g/mol. The number of rotatable bonds is 7. The summed E-state index contributed by atoms with van der Waals surface area (Å²) in [5.74, 6) is 1.31. The molecule has 17 heteroatoms. The number of aryl methyl sites for hydroxylation is 1. The number of likely N-dealkylation sites (tertiary alicyclic amines) is 1. The van der Waals surface area contributed by atoms with E-state index in [-0.39, 0.29) is 53.9 Å². The third-order valence-corrected chi connectivity index (χ3v) is 11.2. The summed E-state index contributed by atoms with van der Waals surface area (Å²) in [6.45, 7) is 4.08. The monoisotopic (exact) mass is 699 g/mol. The van der Waals surface area contributed by atoms with Gasteiger partial charge in [-0.25, -0.2) is 14.5 Å². The lowest BCUT2D eigenvalue weighted by Gasteiger charge is -2.38. The first-order valence-corrected chi connectivity index (χ1v) is 17.6. The maximum atomic E-state index is 13.5. The summed E-state index contributed by atoms with van der Waals surface area (Å²) in [6, 6.07) is 5.36. The summed E-state index contributed by atoms with van der Waals surface area (Å²) >= 11 is 1.39. The van der Waals surface area contributed by atoms with Crippen LogP contribution in [0.4, 0.5) is 21.3 Å². The van der Waals surface area contributed by atoms with Crippen LogP contribution in [0.2, 0.25) is 0 Å². The van der Waals surface area contributed by atoms with Crippen LogP contribution in [0.5, 0.6) is 5.88 Å². The number of hydrogen-bond donors (Lipinski definition) is 4. The maximum Gasteiger partial charge on any atom is 0.320 e. The van der Waals surface area contributed by atoms with E-state index in [2.05, 4.69) is 44.2 Å². The highest BCUT2D eigenvalue weighted by atomic mass is 32.1. The zero-order valence-electron chi connectivity index (χ0n) is 27.7. The Morgan fingerprint density at radius 2 is 2.20 bits per heavy atom. The number of carbonyl (C=O) groups is 2. The molecule has 5 N–H and O–H groups in total. The van der Waals surface area contributed by atoms with Crippen molar-refractivity contribution in [2.75, 3.05) is 43.2 Å². The molecule has 0 radical (unpaired) electrons. The number of hydrogen-bond acceptors (Lipinski definition) is 13. The molecule has 0 bridgehead atoms. The van der Waals surface area contributed by atoms with E-state index in [4.69, 9.17) is 29.7 Å². The summed E-state index contributed by atoms with van der Waals surface area (Å²) in [5.41, 5.74) is 7.10. The highest BCUT2D eigenvalue weighted by Crippen LogP contribution is 2.55. The molecule has 2 fully saturated rings. The van der Waals surface area contributed by atoms with Gasteiger partial charge in [0, 0.05) is 47.8 Å². The maximum absolute atomic E-state index is 13.5. The average Bonchev–Trinajstić information content (AvgIpc) is 3.92. The Morgan fingerprint density at radius 3 is 2.98 bits per heavy atom. The first-order chi connectivity index (χ1) is 24.2. The van der Waals surface area contributed by atoms with Crippen molar-refractivity contribution in [1.82, 2.24) is 35.1 Å². The third kappa shape index (κ3) is 5.62. The molecule has 4 atom stereocenters. The molecule has 4 aromatic heterocycles. The number of likely N-dealkylation sites (N-methyl/N-ethyl adjacent to an activating group) is 1. The zero-order chi connectivity index (χ0) is 34.6. The van der Waals surface area contributed by atoms with Crippen LogP contribution >= 0.6 is 11.3 Å². The quantitative estimate of drug-likeness (QED) is 0.218. The van der Waals surface area contributed by atoms with Crippen LogP contribution in [-0.4, -0.2) is 86.7 Å². The van der Waals surface area contributed by atoms with Gasteiger partial charge in [-0.05, 0) is 59.0 Å². The first-order valence-electron chi connectivity index (χ1n) is 16.8. The molecule has 260 valence electrons. The molecule has 50 heavy (non-hydrogen) atoms. The number of anilines is 3. The van der Waals surface area contributed by atoms with Gasteiger partial charge in [0.05, 0.1) is 23.6 Å². The summed E-state index contributed by atoms with van der Waals surface area (Å²) in [4.78, 5) is 38.9. The Bertz CT molecular complexity index is 2010. The molecule has 4 aliphatic rings. The van der Waals surface area contributed by atoms with Crippen LogP contribution in [0.15, 0.2) is 22.9 Å². The van der Waals surface area contributed by atoms with Crippen molar-refractivity contribution in [2.24, 2.45) is 0 Å². The van der Waals surface area contributed by atoms with Crippen LogP contribution < -0.4 is 26.4 Å². The molecule has 0 saturated carbocycles. The zero-order valence-corrected chi connectivity index (χ0v) is 28.5. The number of urea groups is 1. The molecule has 0 aromatic carbocycles. The summed E-state index contributed by atoms with van der Waals surface area (Å²) in [5, 5.41) is 28.1. The first kappa shape index (κ1) is 32.2. The summed E-state index contributed by atoms with van der Waals surface area (Å²) < 4.78 is 19.4. The second kappa shape index (κ2) is 12.7. The van der Waals surface area contributed by atoms with Crippen molar-refractivity contribution in [1.29, 1.82) is 5.26 Å². The molecule has 2 saturated heterocycles. The van der Waals surface area contributed by atoms with Crippen molar-refractivity contribution in [3.05, 3.63) is 40.1 Å². The van der Waals surface area contributed by atoms with Crippen LogP contribution in [0.3, 0.4) is 0 Å². The van der Waals surface area contributed by atoms with Gasteiger partial charge >= 0.3 is 6.03 Å². The molecule has 1 unspecified atom stereocenters. The lowest BCUT2D eigenvalue weighted by molar-refractivity contribution is -0.117. The number of amides is 3. The van der Waals surface area contributed by atoms with Crippen LogP contribution in [0.1, 0.15) is 67.2 Å². The number of nitrogens with two attached hydrogens (primary N) is 1. The topological polar surface area (TPSA) is 211 Å². The van der Waals surface area contributed by atoms with Gasteiger partial charge in [-0.15, -0.1) is 16.4 Å². The van der Waals surface area contributed by atoms with Gasteiger partial charge in [0.1, 0.15) is 22.9 Å². The number of nitrogens with zero attached hydrogens (tertiary/aromatic N) is 7. The highest BCUT2D eigenvalue weighted by molar-refractivity contribution is 7.16. The third-order valence-electron chi connectivity index (χ3n) is 10.1. The molecule has 1 spiro atoms. The fourth-order valence-electron chi connectivity index (χ4n) is 7.79. The van der Waals surface area contributed by atoms with E-state index < -0.39 is 5.41 Å². The molecule has 3 aliphatic heterocycles. The number of thiophene rings is 1. The number of nitrogens with one attached hydrogen (secondary N) is 3. The van der Waals surface area contributed by atoms with E-state index in [0.717, 1.165) is 49.1 Å². The molecule has 16 nitrogen and oxygen atoms in total. The summed E-state index contributed by atoms with van der Waals surface area (Å²) in [7, 11) is 2.08. The van der Waals surface area contributed by atoms with Crippen LogP contribution in [0, 0.1) is 11.3 Å². The lowest BCUT2D eigenvalue weighted by atomic mass is 9.65. The van der Waals surface area contributed by atoms with Gasteiger partial charge in [0.2, 0.25) is 11.8 Å². The molecule has 7 heterocycles. The normalized spacial score (nSPS) is 23.6. The van der Waals surface area contributed by atoms with Crippen molar-refractivity contribution < 1.29 is 23.6 Å². The predicted molar refractivity (Wildman–Crippen MR) is 182 cm³/mol. The van der Waals surface area contributed by atoms with Gasteiger partial charge in [-0.1, -0.05) is 5.16 Å².